The second-order valence-electron chi connectivity index (χ2n) is 7.86. The minimum atomic E-state index is -3.62. The van der Waals surface area contributed by atoms with Crippen LogP contribution in [0.3, 0.4) is 0 Å². The molecule has 2 heterocycles. The minimum Gasteiger partial charge on any atom is -0.477 e. The van der Waals surface area contributed by atoms with Crippen LogP contribution in [-0.2, 0) is 10.0 Å². The van der Waals surface area contributed by atoms with E-state index in [0.717, 1.165) is 42.1 Å². The van der Waals surface area contributed by atoms with Gasteiger partial charge in [0.05, 0.1) is 11.5 Å². The third-order valence-corrected chi connectivity index (χ3v) is 7.57. The van der Waals surface area contributed by atoms with Crippen molar-refractivity contribution in [2.24, 2.45) is 0 Å². The highest BCUT2D eigenvalue weighted by Gasteiger charge is 2.32. The lowest BCUT2D eigenvalue weighted by atomic mass is 10.1. The molecule has 1 N–H and O–H groups in total. The van der Waals surface area contributed by atoms with Gasteiger partial charge in [0, 0.05) is 36.1 Å². The molecule has 0 saturated carbocycles. The van der Waals surface area contributed by atoms with Gasteiger partial charge >= 0.3 is 0 Å². The molecule has 1 saturated heterocycles. The number of nitrogens with one attached hydrogen (secondary N) is 1. The van der Waals surface area contributed by atoms with Crippen molar-refractivity contribution in [3.63, 3.8) is 0 Å². The Morgan fingerprint density at radius 3 is 2.90 bits per heavy atom. The highest BCUT2D eigenvalue weighted by molar-refractivity contribution is 7.89. The van der Waals surface area contributed by atoms with Crippen LogP contribution in [0.5, 0.6) is 5.88 Å². The first-order chi connectivity index (χ1) is 14.0. The van der Waals surface area contributed by atoms with E-state index in [4.69, 9.17) is 4.74 Å². The second kappa shape index (κ2) is 9.87. The summed E-state index contributed by atoms with van der Waals surface area (Å²) < 4.78 is 34.8. The summed E-state index contributed by atoms with van der Waals surface area (Å²) >= 11 is 0. The summed E-state index contributed by atoms with van der Waals surface area (Å²) in [6.07, 6.45) is 6.99. The number of unbranched alkanes of at least 4 members (excludes halogenated alkanes) is 3. The molecule has 160 valence electrons. The molecule has 0 amide bonds. The van der Waals surface area contributed by atoms with Crippen molar-refractivity contribution in [3.05, 3.63) is 30.0 Å². The standard InChI is InChI=1S/C22H33N3O3S/c1-4-5-6-7-14-28-22-19-10-8-11-20(21(19)17(2)15-24-22)29(26,27)25-13-9-12-23-16-18(25)3/h8,10-11,15,18,23H,4-7,9,12-14,16H2,1-3H3. The van der Waals surface area contributed by atoms with Gasteiger partial charge < -0.3 is 10.1 Å². The summed E-state index contributed by atoms with van der Waals surface area (Å²) in [6.45, 7) is 8.67. The molecule has 1 atom stereocenters. The molecular formula is C22H33N3O3S. The summed E-state index contributed by atoms with van der Waals surface area (Å²) in [5.74, 6) is 0.518. The monoisotopic (exact) mass is 419 g/mol. The highest BCUT2D eigenvalue weighted by Crippen LogP contribution is 2.33. The van der Waals surface area contributed by atoms with Crippen LogP contribution < -0.4 is 10.1 Å². The number of rotatable bonds is 8. The van der Waals surface area contributed by atoms with Crippen molar-refractivity contribution in [1.82, 2.24) is 14.6 Å². The Hall–Kier alpha value is -1.70. The van der Waals surface area contributed by atoms with Gasteiger partial charge in [0.1, 0.15) is 0 Å². The molecule has 1 aliphatic rings. The Morgan fingerprint density at radius 1 is 1.28 bits per heavy atom. The first kappa shape index (κ1) is 22.0. The zero-order valence-corrected chi connectivity index (χ0v) is 18.6. The number of aryl methyl sites for hydroxylation is 1. The Morgan fingerprint density at radius 2 is 2.10 bits per heavy atom. The van der Waals surface area contributed by atoms with E-state index in [0.29, 0.717) is 30.5 Å². The van der Waals surface area contributed by atoms with Gasteiger partial charge in [0.25, 0.3) is 0 Å². The number of benzene rings is 1. The average molecular weight is 420 g/mol. The van der Waals surface area contributed by atoms with Crippen molar-refractivity contribution < 1.29 is 13.2 Å². The van der Waals surface area contributed by atoms with Crippen LogP contribution in [0.2, 0.25) is 0 Å². The van der Waals surface area contributed by atoms with Crippen LogP contribution in [0.1, 0.15) is 51.5 Å². The van der Waals surface area contributed by atoms with Crippen molar-refractivity contribution in [2.75, 3.05) is 26.2 Å². The molecule has 0 radical (unpaired) electrons. The molecule has 1 fully saturated rings. The lowest BCUT2D eigenvalue weighted by Gasteiger charge is -2.27. The Bertz CT molecular complexity index is 930. The number of nitrogens with zero attached hydrogens (tertiary/aromatic N) is 2. The number of hydrogen-bond donors (Lipinski definition) is 1. The minimum absolute atomic E-state index is 0.0887. The van der Waals surface area contributed by atoms with Gasteiger partial charge in [-0.25, -0.2) is 13.4 Å². The van der Waals surface area contributed by atoms with Crippen LogP contribution in [-0.4, -0.2) is 50.0 Å². The van der Waals surface area contributed by atoms with E-state index in [1.165, 1.54) is 12.8 Å². The molecule has 1 aliphatic heterocycles. The summed E-state index contributed by atoms with van der Waals surface area (Å²) in [6, 6.07) is 5.32. The maximum atomic E-state index is 13.6. The molecule has 29 heavy (non-hydrogen) atoms. The second-order valence-corrected chi connectivity index (χ2v) is 9.72. The highest BCUT2D eigenvalue weighted by atomic mass is 32.2. The van der Waals surface area contributed by atoms with Crippen molar-refractivity contribution in [2.45, 2.75) is 63.8 Å². The van der Waals surface area contributed by atoms with Crippen molar-refractivity contribution in [1.29, 1.82) is 0 Å². The number of ether oxygens (including phenoxy) is 1. The summed E-state index contributed by atoms with van der Waals surface area (Å²) in [7, 11) is -3.62. The van der Waals surface area contributed by atoms with E-state index in [-0.39, 0.29) is 6.04 Å². The first-order valence-corrected chi connectivity index (χ1v) is 12.1. The smallest absolute Gasteiger partial charge is 0.243 e. The molecule has 0 spiro atoms. The van der Waals surface area contributed by atoms with E-state index in [2.05, 4.69) is 17.2 Å². The number of sulfonamides is 1. The quantitative estimate of drug-likeness (QED) is 0.658. The molecular weight excluding hydrogens is 386 g/mol. The third kappa shape index (κ3) is 4.90. The molecule has 3 rings (SSSR count). The average Bonchev–Trinajstić information content (AvgIpc) is 2.94. The predicted octanol–water partition coefficient (Wildman–Crippen LogP) is 3.87. The van der Waals surface area contributed by atoms with Crippen LogP contribution in [0.15, 0.2) is 29.3 Å². The molecule has 6 nitrogen and oxygen atoms in total. The third-order valence-electron chi connectivity index (χ3n) is 5.51. The van der Waals surface area contributed by atoms with Gasteiger partial charge in [-0.2, -0.15) is 4.31 Å². The van der Waals surface area contributed by atoms with Crippen LogP contribution >= 0.6 is 0 Å². The molecule has 2 aromatic rings. The lowest BCUT2D eigenvalue weighted by molar-refractivity contribution is 0.297. The fourth-order valence-electron chi connectivity index (χ4n) is 3.91. The van der Waals surface area contributed by atoms with Gasteiger partial charge in [-0.15, -0.1) is 0 Å². The SMILES string of the molecule is CCCCCCOc1ncc(C)c2c(S(=O)(=O)N3CCCNCC3C)cccc12. The maximum absolute atomic E-state index is 13.6. The van der Waals surface area contributed by atoms with Crippen molar-refractivity contribution >= 4 is 20.8 Å². The van der Waals surface area contributed by atoms with E-state index in [9.17, 15) is 8.42 Å². The topological polar surface area (TPSA) is 71.5 Å². The van der Waals surface area contributed by atoms with E-state index < -0.39 is 10.0 Å². The van der Waals surface area contributed by atoms with E-state index >= 15 is 0 Å². The van der Waals surface area contributed by atoms with Gasteiger partial charge in [-0.1, -0.05) is 32.3 Å². The summed E-state index contributed by atoms with van der Waals surface area (Å²) in [5, 5.41) is 4.79. The van der Waals surface area contributed by atoms with Crippen LogP contribution in [0, 0.1) is 6.92 Å². The summed E-state index contributed by atoms with van der Waals surface area (Å²) in [4.78, 5) is 4.80. The number of pyridine rings is 1. The molecule has 0 aliphatic carbocycles. The Labute approximate surface area is 174 Å². The molecule has 0 bridgehead atoms. The molecule has 1 aromatic heterocycles. The fourth-order valence-corrected chi connectivity index (χ4v) is 5.86. The molecule has 1 aromatic carbocycles. The van der Waals surface area contributed by atoms with Gasteiger partial charge in [0.2, 0.25) is 15.9 Å². The van der Waals surface area contributed by atoms with E-state index in [1.54, 1.807) is 22.6 Å². The Balaban J connectivity index is 1.97. The summed E-state index contributed by atoms with van der Waals surface area (Å²) in [5.41, 5.74) is 0.845. The normalized spacial score (nSPS) is 18.7. The van der Waals surface area contributed by atoms with Crippen LogP contribution in [0.25, 0.3) is 10.8 Å². The predicted molar refractivity (Wildman–Crippen MR) is 117 cm³/mol. The lowest BCUT2D eigenvalue weighted by Crippen LogP contribution is -2.41. The largest absolute Gasteiger partial charge is 0.477 e. The van der Waals surface area contributed by atoms with Crippen molar-refractivity contribution in [3.8, 4) is 5.88 Å². The number of fused-ring (bicyclic) bond motifs is 1. The van der Waals surface area contributed by atoms with Gasteiger partial charge in [-0.3, -0.25) is 0 Å². The molecule has 7 heteroatoms. The van der Waals surface area contributed by atoms with E-state index in [1.807, 2.05) is 19.9 Å². The zero-order chi connectivity index (χ0) is 20.9. The van der Waals surface area contributed by atoms with Crippen LogP contribution in [0.4, 0.5) is 0 Å². The van der Waals surface area contributed by atoms with Gasteiger partial charge in [-0.05, 0) is 50.9 Å². The maximum Gasteiger partial charge on any atom is 0.243 e. The zero-order valence-electron chi connectivity index (χ0n) is 17.8. The van der Waals surface area contributed by atoms with Gasteiger partial charge in [0.15, 0.2) is 0 Å². The number of hydrogen-bond acceptors (Lipinski definition) is 5. The molecule has 1 unspecified atom stereocenters. The number of aromatic nitrogens is 1. The fraction of sp³-hybridized carbons (Fsp3) is 0.591. The first-order valence-electron chi connectivity index (χ1n) is 10.7. The Kier molecular flexibility index (Phi) is 7.49.